The first-order valence-electron chi connectivity index (χ1n) is 15.7. The van der Waals surface area contributed by atoms with Gasteiger partial charge in [0.1, 0.15) is 11.5 Å². The molecule has 0 bridgehead atoms. The van der Waals surface area contributed by atoms with Crippen LogP contribution in [0.2, 0.25) is 10.0 Å². The van der Waals surface area contributed by atoms with Crippen molar-refractivity contribution in [3.63, 3.8) is 0 Å². The van der Waals surface area contributed by atoms with E-state index in [1.807, 2.05) is 72.8 Å². The summed E-state index contributed by atoms with van der Waals surface area (Å²) in [7, 11) is 5.59. The highest BCUT2D eigenvalue weighted by Gasteiger charge is 2.12. The molecule has 0 aliphatic rings. The van der Waals surface area contributed by atoms with Crippen molar-refractivity contribution >= 4 is 78.2 Å². The van der Waals surface area contributed by atoms with Gasteiger partial charge in [-0.3, -0.25) is 0 Å². The molecule has 2 N–H and O–H groups in total. The Bertz CT molecular complexity index is 1860. The van der Waals surface area contributed by atoms with Gasteiger partial charge in [-0.2, -0.15) is 0 Å². The molecule has 0 aliphatic carbocycles. The summed E-state index contributed by atoms with van der Waals surface area (Å²) in [5, 5.41) is 13.0. The minimum atomic E-state index is 0.683. The lowest BCUT2D eigenvalue weighted by atomic mass is 10.1. The number of nitrogens with zero attached hydrogens (tertiary/aromatic N) is 3. The van der Waals surface area contributed by atoms with E-state index in [1.165, 1.54) is 0 Å². The van der Waals surface area contributed by atoms with E-state index in [-0.39, 0.29) is 0 Å². The predicted molar refractivity (Wildman–Crippen MR) is 195 cm³/mol. The lowest BCUT2D eigenvalue weighted by Gasteiger charge is -2.18. The lowest BCUT2D eigenvalue weighted by molar-refractivity contribution is 0.321. The molecule has 9 heteroatoms. The van der Waals surface area contributed by atoms with Crippen LogP contribution in [0.15, 0.2) is 72.8 Å². The molecule has 6 aromatic rings. The Hall–Kier alpha value is -4.04. The molecule has 4 aromatic carbocycles. The second kappa shape index (κ2) is 14.6. The molecule has 0 aliphatic heterocycles. The zero-order valence-electron chi connectivity index (χ0n) is 26.5. The highest BCUT2D eigenvalue weighted by Crippen LogP contribution is 2.35. The SMILES string of the molecule is COc1ccc2nc3cc(Cl)ccc3c(NCCCCN(C)CCCCNc3c4ccc(Cl)cc4nc4ccc(OC)cc34)c2c1. The van der Waals surface area contributed by atoms with Crippen molar-refractivity contribution in [1.29, 1.82) is 0 Å². The van der Waals surface area contributed by atoms with Gasteiger partial charge in [0.25, 0.3) is 0 Å². The zero-order valence-corrected chi connectivity index (χ0v) is 28.0. The number of rotatable bonds is 14. The normalized spacial score (nSPS) is 11.6. The predicted octanol–water partition coefficient (Wildman–Crippen LogP) is 9.43. The fraction of sp³-hybridized carbons (Fsp3) is 0.297. The highest BCUT2D eigenvalue weighted by atomic mass is 35.5. The van der Waals surface area contributed by atoms with Crippen LogP contribution in [-0.2, 0) is 0 Å². The van der Waals surface area contributed by atoms with Crippen molar-refractivity contribution in [2.75, 3.05) is 58.1 Å². The number of halogens is 2. The largest absolute Gasteiger partial charge is 0.497 e. The molecule has 0 saturated carbocycles. The van der Waals surface area contributed by atoms with Crippen molar-refractivity contribution < 1.29 is 9.47 Å². The number of benzene rings is 4. The highest BCUT2D eigenvalue weighted by molar-refractivity contribution is 6.32. The fourth-order valence-electron chi connectivity index (χ4n) is 5.98. The number of hydrogen-bond donors (Lipinski definition) is 2. The van der Waals surface area contributed by atoms with Gasteiger partial charge in [0.2, 0.25) is 0 Å². The van der Waals surface area contributed by atoms with Gasteiger partial charge < -0.3 is 25.0 Å². The topological polar surface area (TPSA) is 71.5 Å². The monoisotopic (exact) mass is 655 g/mol. The van der Waals surface area contributed by atoms with Crippen LogP contribution in [0.1, 0.15) is 25.7 Å². The summed E-state index contributed by atoms with van der Waals surface area (Å²) in [4.78, 5) is 12.1. The molecule has 2 heterocycles. The minimum absolute atomic E-state index is 0.683. The van der Waals surface area contributed by atoms with Crippen molar-refractivity contribution in [2.24, 2.45) is 0 Å². The number of methoxy groups -OCH3 is 2. The van der Waals surface area contributed by atoms with E-state index in [9.17, 15) is 0 Å². The number of aromatic nitrogens is 2. The number of unbranched alkanes of at least 4 members (excludes halogenated alkanes) is 2. The quantitative estimate of drug-likeness (QED) is 0.0894. The van der Waals surface area contributed by atoms with Gasteiger partial charge in [-0.05, 0) is 119 Å². The van der Waals surface area contributed by atoms with Crippen LogP contribution >= 0.6 is 23.2 Å². The Kier molecular flexibility index (Phi) is 10.1. The molecule has 0 radical (unpaired) electrons. The average molecular weight is 657 g/mol. The molecule has 0 amide bonds. The van der Waals surface area contributed by atoms with Gasteiger partial charge in [-0.1, -0.05) is 23.2 Å². The van der Waals surface area contributed by atoms with Crippen LogP contribution in [0.3, 0.4) is 0 Å². The third-order valence-corrected chi connectivity index (χ3v) is 8.89. The molecular weight excluding hydrogens is 617 g/mol. The second-order valence-electron chi connectivity index (χ2n) is 11.6. The number of hydrogen-bond acceptors (Lipinski definition) is 7. The molecule has 46 heavy (non-hydrogen) atoms. The Labute approximate surface area is 279 Å². The first kappa shape index (κ1) is 31.9. The summed E-state index contributed by atoms with van der Waals surface area (Å²) in [5.74, 6) is 1.63. The zero-order chi connectivity index (χ0) is 32.0. The minimum Gasteiger partial charge on any atom is -0.497 e. The van der Waals surface area contributed by atoms with Gasteiger partial charge >= 0.3 is 0 Å². The van der Waals surface area contributed by atoms with Gasteiger partial charge in [0.15, 0.2) is 0 Å². The molecule has 0 spiro atoms. The molecule has 2 aromatic heterocycles. The van der Waals surface area contributed by atoms with Crippen LogP contribution in [0, 0.1) is 0 Å². The van der Waals surface area contributed by atoms with Crippen molar-refractivity contribution in [3.8, 4) is 11.5 Å². The van der Waals surface area contributed by atoms with Crippen molar-refractivity contribution in [2.45, 2.75) is 25.7 Å². The number of ether oxygens (including phenoxy) is 2. The molecule has 7 nitrogen and oxygen atoms in total. The molecule has 0 fully saturated rings. The smallest absolute Gasteiger partial charge is 0.119 e. The standard InChI is InChI=1S/C37H39Cl2N5O2/c1-44(18-6-4-16-40-36-28-12-8-24(38)20-34(28)42-32-14-10-26(45-2)22-30(32)36)19-7-5-17-41-37-29-13-9-25(39)21-35(29)43-33-15-11-27(46-3)23-31(33)37/h8-15,20-23H,4-7,16-19H2,1-3H3,(H,40,42)(H,41,43). The Morgan fingerprint density at radius 2 is 1.02 bits per heavy atom. The summed E-state index contributed by atoms with van der Waals surface area (Å²) in [6.07, 6.45) is 4.34. The number of nitrogens with one attached hydrogen (secondary N) is 2. The number of anilines is 2. The van der Waals surface area contributed by atoms with E-state index in [0.29, 0.717) is 10.0 Å². The molecule has 238 valence electrons. The Balaban J connectivity index is 0.997. The van der Waals surface area contributed by atoms with Crippen LogP contribution < -0.4 is 20.1 Å². The summed E-state index contributed by atoms with van der Waals surface area (Å²) in [5.41, 5.74) is 5.76. The molecule has 0 saturated heterocycles. The Morgan fingerprint density at radius 3 is 1.46 bits per heavy atom. The maximum absolute atomic E-state index is 6.28. The van der Waals surface area contributed by atoms with Crippen LogP contribution in [-0.4, -0.2) is 62.3 Å². The first-order valence-corrected chi connectivity index (χ1v) is 16.5. The third kappa shape index (κ3) is 7.17. The third-order valence-electron chi connectivity index (χ3n) is 8.42. The lowest BCUT2D eigenvalue weighted by Crippen LogP contribution is -2.22. The van der Waals surface area contributed by atoms with E-state index in [1.54, 1.807) is 14.2 Å². The van der Waals surface area contributed by atoms with E-state index >= 15 is 0 Å². The van der Waals surface area contributed by atoms with Crippen molar-refractivity contribution in [3.05, 3.63) is 82.8 Å². The summed E-state index contributed by atoms with van der Waals surface area (Å²) in [6.45, 7) is 3.85. The molecule has 0 atom stereocenters. The molecule has 0 unspecified atom stereocenters. The van der Waals surface area contributed by atoms with Gasteiger partial charge in [0, 0.05) is 44.7 Å². The maximum atomic E-state index is 6.28. The summed E-state index contributed by atoms with van der Waals surface area (Å²) < 4.78 is 11.0. The van der Waals surface area contributed by atoms with Crippen LogP contribution in [0.25, 0.3) is 43.6 Å². The average Bonchev–Trinajstić information content (AvgIpc) is 3.06. The van der Waals surface area contributed by atoms with E-state index in [2.05, 4.69) is 22.6 Å². The van der Waals surface area contributed by atoms with E-state index in [4.69, 9.17) is 42.6 Å². The maximum Gasteiger partial charge on any atom is 0.119 e. The fourth-order valence-corrected chi connectivity index (χ4v) is 6.31. The van der Waals surface area contributed by atoms with Crippen LogP contribution in [0.5, 0.6) is 11.5 Å². The number of fused-ring (bicyclic) bond motifs is 4. The van der Waals surface area contributed by atoms with Crippen molar-refractivity contribution in [1.82, 2.24) is 14.9 Å². The first-order chi connectivity index (χ1) is 22.4. The summed E-state index contributed by atoms with van der Waals surface area (Å²) >= 11 is 12.6. The van der Waals surface area contributed by atoms with Crippen LogP contribution in [0.4, 0.5) is 11.4 Å². The molecule has 6 rings (SSSR count). The van der Waals surface area contributed by atoms with E-state index < -0.39 is 0 Å². The van der Waals surface area contributed by atoms with E-state index in [0.717, 1.165) is 118 Å². The Morgan fingerprint density at radius 1 is 0.565 bits per heavy atom. The summed E-state index contributed by atoms with van der Waals surface area (Å²) in [6, 6.07) is 23.7. The van der Waals surface area contributed by atoms with Gasteiger partial charge in [-0.25, -0.2) is 9.97 Å². The molecular formula is C37H39Cl2N5O2. The second-order valence-corrected chi connectivity index (χ2v) is 12.5. The van der Waals surface area contributed by atoms with Gasteiger partial charge in [0.05, 0.1) is 47.7 Å². The number of pyridine rings is 2. The van der Waals surface area contributed by atoms with Gasteiger partial charge in [-0.15, -0.1) is 0 Å².